The van der Waals surface area contributed by atoms with Crippen molar-refractivity contribution in [2.75, 3.05) is 0 Å². The summed E-state index contributed by atoms with van der Waals surface area (Å²) in [6.45, 7) is 3.63. The zero-order valence-electron chi connectivity index (χ0n) is 10.8. The van der Waals surface area contributed by atoms with E-state index in [-0.39, 0.29) is 18.4 Å². The lowest BCUT2D eigenvalue weighted by Gasteiger charge is -2.15. The summed E-state index contributed by atoms with van der Waals surface area (Å²) in [5.74, 6) is -0.395. The molecule has 0 saturated heterocycles. The predicted octanol–water partition coefficient (Wildman–Crippen LogP) is 2.30. The average molecular weight is 274 g/mol. The number of rotatable bonds is 4. The summed E-state index contributed by atoms with van der Waals surface area (Å²) in [6, 6.07) is 4.18. The second kappa shape index (κ2) is 6.06. The molecular weight excluding hydrogens is 257 g/mol. The van der Waals surface area contributed by atoms with Crippen LogP contribution in [0.3, 0.4) is 0 Å². The van der Waals surface area contributed by atoms with Gasteiger partial charge >= 0.3 is 6.18 Å². The molecule has 1 atom stereocenters. The first-order chi connectivity index (χ1) is 8.71. The number of nitrogens with one attached hydrogen (secondary N) is 1. The van der Waals surface area contributed by atoms with E-state index in [1.807, 2.05) is 0 Å². The summed E-state index contributed by atoms with van der Waals surface area (Å²) < 4.78 is 37.5. The highest BCUT2D eigenvalue weighted by atomic mass is 19.4. The number of carbonyl (C=O) groups excluding carboxylic acids is 1. The van der Waals surface area contributed by atoms with Gasteiger partial charge in [0.1, 0.15) is 0 Å². The minimum absolute atomic E-state index is 0.0264. The molecule has 0 spiro atoms. The van der Waals surface area contributed by atoms with E-state index in [2.05, 4.69) is 5.32 Å². The molecule has 0 aliphatic carbocycles. The largest absolute Gasteiger partial charge is 0.416 e. The van der Waals surface area contributed by atoms with Crippen molar-refractivity contribution in [2.24, 2.45) is 11.7 Å². The number of nitrogens with two attached hydrogens (primary N) is 1. The van der Waals surface area contributed by atoms with Crippen LogP contribution in [0.4, 0.5) is 13.2 Å². The van der Waals surface area contributed by atoms with E-state index >= 15 is 0 Å². The molecular formula is C13H17F3N2O. The molecule has 1 amide bonds. The zero-order chi connectivity index (χ0) is 14.6. The van der Waals surface area contributed by atoms with Crippen molar-refractivity contribution >= 4 is 5.91 Å². The van der Waals surface area contributed by atoms with Crippen LogP contribution in [-0.4, -0.2) is 11.9 Å². The molecule has 1 aromatic carbocycles. The highest BCUT2D eigenvalue weighted by Crippen LogP contribution is 2.29. The van der Waals surface area contributed by atoms with Gasteiger partial charge in [0.05, 0.1) is 11.6 Å². The topological polar surface area (TPSA) is 55.1 Å². The van der Waals surface area contributed by atoms with Crippen LogP contribution in [-0.2, 0) is 17.5 Å². The summed E-state index contributed by atoms with van der Waals surface area (Å²) in [7, 11) is 0. The summed E-state index contributed by atoms with van der Waals surface area (Å²) in [5.41, 5.74) is 5.29. The predicted molar refractivity (Wildman–Crippen MR) is 66.1 cm³/mol. The normalized spacial score (nSPS) is 13.4. The van der Waals surface area contributed by atoms with Crippen LogP contribution < -0.4 is 11.1 Å². The Morgan fingerprint density at radius 3 is 2.53 bits per heavy atom. The molecule has 0 aliphatic heterocycles. The van der Waals surface area contributed by atoms with Gasteiger partial charge in [0.15, 0.2) is 0 Å². The highest BCUT2D eigenvalue weighted by molar-refractivity contribution is 5.81. The molecule has 0 radical (unpaired) electrons. The maximum atomic E-state index is 12.5. The fourth-order valence-electron chi connectivity index (χ4n) is 1.47. The van der Waals surface area contributed by atoms with Crippen LogP contribution in [0, 0.1) is 5.92 Å². The van der Waals surface area contributed by atoms with E-state index in [4.69, 9.17) is 5.73 Å². The number of halogens is 3. The molecule has 0 heterocycles. The molecule has 0 bridgehead atoms. The van der Waals surface area contributed by atoms with E-state index in [0.29, 0.717) is 5.56 Å². The van der Waals surface area contributed by atoms with Gasteiger partial charge in [-0.1, -0.05) is 26.0 Å². The van der Waals surface area contributed by atoms with E-state index in [0.717, 1.165) is 12.1 Å². The maximum absolute atomic E-state index is 12.5. The molecule has 0 saturated carbocycles. The van der Waals surface area contributed by atoms with Crippen molar-refractivity contribution in [1.29, 1.82) is 0 Å². The summed E-state index contributed by atoms with van der Waals surface area (Å²) >= 11 is 0. The summed E-state index contributed by atoms with van der Waals surface area (Å²) in [5, 5.41) is 2.53. The van der Waals surface area contributed by atoms with Crippen LogP contribution in [0.15, 0.2) is 24.3 Å². The van der Waals surface area contributed by atoms with Crippen LogP contribution in [0.2, 0.25) is 0 Å². The van der Waals surface area contributed by atoms with Crippen molar-refractivity contribution in [2.45, 2.75) is 32.6 Å². The lowest BCUT2D eigenvalue weighted by molar-refractivity contribution is -0.137. The molecule has 0 aliphatic rings. The van der Waals surface area contributed by atoms with Gasteiger partial charge in [0, 0.05) is 6.54 Å². The maximum Gasteiger partial charge on any atom is 0.416 e. The molecule has 3 nitrogen and oxygen atoms in total. The third kappa shape index (κ3) is 4.55. The smallest absolute Gasteiger partial charge is 0.351 e. The van der Waals surface area contributed by atoms with Crippen molar-refractivity contribution < 1.29 is 18.0 Å². The first-order valence-corrected chi connectivity index (χ1v) is 5.91. The third-order valence-corrected chi connectivity index (χ3v) is 2.74. The van der Waals surface area contributed by atoms with Gasteiger partial charge in [0.2, 0.25) is 5.91 Å². The zero-order valence-corrected chi connectivity index (χ0v) is 10.8. The SMILES string of the molecule is CC(C)[C@@H](N)C(=O)NCc1cccc(C(F)(F)F)c1. The van der Waals surface area contributed by atoms with Crippen molar-refractivity contribution in [3.05, 3.63) is 35.4 Å². The summed E-state index contributed by atoms with van der Waals surface area (Å²) in [6.07, 6.45) is -4.38. The van der Waals surface area contributed by atoms with Crippen LogP contribution in [0.1, 0.15) is 25.0 Å². The number of hydrogen-bond acceptors (Lipinski definition) is 2. The van der Waals surface area contributed by atoms with Gasteiger partial charge in [-0.05, 0) is 23.6 Å². The van der Waals surface area contributed by atoms with Gasteiger partial charge in [-0.2, -0.15) is 13.2 Å². The lowest BCUT2D eigenvalue weighted by atomic mass is 10.0. The average Bonchev–Trinajstić information content (AvgIpc) is 2.34. The summed E-state index contributed by atoms with van der Waals surface area (Å²) in [4.78, 5) is 11.6. The lowest BCUT2D eigenvalue weighted by Crippen LogP contribution is -2.43. The number of hydrogen-bond donors (Lipinski definition) is 2. The van der Waals surface area contributed by atoms with Crippen LogP contribution >= 0.6 is 0 Å². The molecule has 3 N–H and O–H groups in total. The Morgan fingerprint density at radius 2 is 2.00 bits per heavy atom. The van der Waals surface area contributed by atoms with Gasteiger partial charge in [0.25, 0.3) is 0 Å². The van der Waals surface area contributed by atoms with E-state index in [1.165, 1.54) is 12.1 Å². The third-order valence-electron chi connectivity index (χ3n) is 2.74. The second-order valence-electron chi connectivity index (χ2n) is 4.69. The number of benzene rings is 1. The molecule has 0 aromatic heterocycles. The highest BCUT2D eigenvalue weighted by Gasteiger charge is 2.30. The number of alkyl halides is 3. The second-order valence-corrected chi connectivity index (χ2v) is 4.69. The number of carbonyl (C=O) groups is 1. The Labute approximate surface area is 110 Å². The van der Waals surface area contributed by atoms with Gasteiger partial charge in [-0.15, -0.1) is 0 Å². The fourth-order valence-corrected chi connectivity index (χ4v) is 1.47. The van der Waals surface area contributed by atoms with Crippen molar-refractivity contribution in [3.8, 4) is 0 Å². The first kappa shape index (κ1) is 15.5. The van der Waals surface area contributed by atoms with Crippen molar-refractivity contribution in [3.63, 3.8) is 0 Å². The standard InChI is InChI=1S/C13H17F3N2O/c1-8(2)11(17)12(19)18-7-9-4-3-5-10(6-9)13(14,15)16/h3-6,8,11H,7,17H2,1-2H3,(H,18,19)/t11-/m1/s1. The molecule has 6 heteroatoms. The fraction of sp³-hybridized carbons (Fsp3) is 0.462. The monoisotopic (exact) mass is 274 g/mol. The Kier molecular flexibility index (Phi) is 4.94. The number of amides is 1. The Morgan fingerprint density at radius 1 is 1.37 bits per heavy atom. The minimum Gasteiger partial charge on any atom is -0.351 e. The molecule has 1 aromatic rings. The van der Waals surface area contributed by atoms with Crippen LogP contribution in [0.25, 0.3) is 0 Å². The van der Waals surface area contributed by atoms with Crippen molar-refractivity contribution in [1.82, 2.24) is 5.32 Å². The van der Waals surface area contributed by atoms with Gasteiger partial charge in [-0.25, -0.2) is 0 Å². The quantitative estimate of drug-likeness (QED) is 0.885. The molecule has 19 heavy (non-hydrogen) atoms. The Hall–Kier alpha value is -1.56. The minimum atomic E-state index is -4.38. The Balaban J connectivity index is 2.66. The molecule has 1 rings (SSSR count). The van der Waals surface area contributed by atoms with Gasteiger partial charge in [-0.3, -0.25) is 4.79 Å². The molecule has 0 unspecified atom stereocenters. The van der Waals surface area contributed by atoms with E-state index in [9.17, 15) is 18.0 Å². The van der Waals surface area contributed by atoms with Crippen LogP contribution in [0.5, 0.6) is 0 Å². The molecule has 0 fully saturated rings. The van der Waals surface area contributed by atoms with E-state index < -0.39 is 17.8 Å². The molecule has 106 valence electrons. The van der Waals surface area contributed by atoms with Gasteiger partial charge < -0.3 is 11.1 Å². The Bertz CT molecular complexity index is 444. The first-order valence-electron chi connectivity index (χ1n) is 5.91. The van der Waals surface area contributed by atoms with E-state index in [1.54, 1.807) is 13.8 Å².